The zero-order valence-electron chi connectivity index (χ0n) is 11.8. The Bertz CT molecular complexity index is 804. The van der Waals surface area contributed by atoms with Gasteiger partial charge in [-0.05, 0) is 18.2 Å². The van der Waals surface area contributed by atoms with Gasteiger partial charge in [0.2, 0.25) is 13.6 Å². The van der Waals surface area contributed by atoms with Gasteiger partial charge in [-0.15, -0.1) is 0 Å². The molecule has 0 unspecified atom stereocenters. The van der Waals surface area contributed by atoms with E-state index in [2.05, 4.69) is 15.9 Å². The third kappa shape index (κ3) is 3.05. The molecule has 0 fully saturated rings. The van der Waals surface area contributed by atoms with E-state index in [1.807, 2.05) is 12.1 Å². The Morgan fingerprint density at radius 3 is 2.04 bits per heavy atom. The number of nitrogen functional groups attached to an aromatic ring is 2. The molecule has 4 rings (SSSR count). The predicted octanol–water partition coefficient (Wildman–Crippen LogP) is 2.63. The predicted molar refractivity (Wildman–Crippen MR) is 86.4 cm³/mol. The molecule has 4 N–H and O–H groups in total. The van der Waals surface area contributed by atoms with Crippen molar-refractivity contribution in [3.63, 3.8) is 0 Å². The average Bonchev–Trinajstić information content (AvgIpc) is 3.16. The molecule has 2 aromatic carbocycles. The van der Waals surface area contributed by atoms with Crippen LogP contribution in [0.4, 0.5) is 11.4 Å². The summed E-state index contributed by atoms with van der Waals surface area (Å²) in [6.07, 6.45) is 0. The number of nitrogens with two attached hydrogens (primary N) is 2. The quantitative estimate of drug-likeness (QED) is 0.678. The van der Waals surface area contributed by atoms with Crippen LogP contribution in [0.5, 0.6) is 23.0 Å². The molecule has 8 heteroatoms. The fraction of sp³-hybridized carbons (Fsp3) is 0.133. The van der Waals surface area contributed by atoms with E-state index in [-0.39, 0.29) is 13.6 Å². The summed E-state index contributed by atoms with van der Waals surface area (Å²) >= 11 is 3.30. The van der Waals surface area contributed by atoms with Gasteiger partial charge in [-0.3, -0.25) is 0 Å². The van der Waals surface area contributed by atoms with Gasteiger partial charge in [0.25, 0.3) is 0 Å². The number of nitrogens with zero attached hydrogens (tertiary/aromatic N) is 1. The molecule has 0 saturated heterocycles. The van der Waals surface area contributed by atoms with E-state index in [9.17, 15) is 0 Å². The number of anilines is 2. The van der Waals surface area contributed by atoms with Crippen molar-refractivity contribution in [2.75, 3.05) is 25.1 Å². The summed E-state index contributed by atoms with van der Waals surface area (Å²) in [5, 5.41) is 8.59. The number of halogens is 1. The highest BCUT2D eigenvalue weighted by Gasteiger charge is 2.17. The molecule has 0 spiro atoms. The standard InChI is InChI=1S/C8H6N2O2.C7H6BrNO2/c9-3-5-1-6(10)8-7(2-5)11-4-12-8;8-4-1-5(9)7-6(2-4)10-3-11-7/h1-2H,4,10H2;1-2H,3,9H2. The number of hydrogen-bond acceptors (Lipinski definition) is 7. The van der Waals surface area contributed by atoms with E-state index in [4.69, 9.17) is 35.7 Å². The van der Waals surface area contributed by atoms with Crippen LogP contribution in [0.3, 0.4) is 0 Å². The Morgan fingerprint density at radius 1 is 0.870 bits per heavy atom. The molecule has 2 heterocycles. The van der Waals surface area contributed by atoms with Crippen LogP contribution >= 0.6 is 15.9 Å². The van der Waals surface area contributed by atoms with Crippen LogP contribution in [-0.2, 0) is 0 Å². The summed E-state index contributed by atoms with van der Waals surface area (Å²) in [4.78, 5) is 0. The molecule has 0 bridgehead atoms. The number of rotatable bonds is 0. The Kier molecular flexibility index (Phi) is 4.04. The van der Waals surface area contributed by atoms with Gasteiger partial charge in [-0.25, -0.2) is 0 Å². The number of fused-ring (bicyclic) bond motifs is 2. The Balaban J connectivity index is 0.000000136. The first-order chi connectivity index (χ1) is 11.1. The first-order valence-corrected chi connectivity index (χ1v) is 7.31. The lowest BCUT2D eigenvalue weighted by Crippen LogP contribution is -1.94. The maximum absolute atomic E-state index is 8.59. The molecule has 0 amide bonds. The zero-order valence-corrected chi connectivity index (χ0v) is 13.4. The van der Waals surface area contributed by atoms with Crippen LogP contribution in [0.2, 0.25) is 0 Å². The number of hydrogen-bond donors (Lipinski definition) is 2. The lowest BCUT2D eigenvalue weighted by Gasteiger charge is -1.99. The van der Waals surface area contributed by atoms with Crippen molar-refractivity contribution in [2.24, 2.45) is 0 Å². The lowest BCUT2D eigenvalue weighted by atomic mass is 10.2. The van der Waals surface area contributed by atoms with Crippen molar-refractivity contribution < 1.29 is 18.9 Å². The van der Waals surface area contributed by atoms with Gasteiger partial charge in [-0.2, -0.15) is 5.26 Å². The van der Waals surface area contributed by atoms with Crippen LogP contribution in [0.25, 0.3) is 0 Å². The molecule has 2 aromatic rings. The normalized spacial score (nSPS) is 13.0. The van der Waals surface area contributed by atoms with Gasteiger partial charge < -0.3 is 30.4 Å². The van der Waals surface area contributed by atoms with Crippen molar-refractivity contribution in [1.29, 1.82) is 5.26 Å². The first-order valence-electron chi connectivity index (χ1n) is 6.52. The highest BCUT2D eigenvalue weighted by molar-refractivity contribution is 9.10. The minimum Gasteiger partial charge on any atom is -0.453 e. The van der Waals surface area contributed by atoms with Crippen molar-refractivity contribution >= 4 is 27.3 Å². The minimum absolute atomic E-state index is 0.175. The largest absolute Gasteiger partial charge is 0.453 e. The third-order valence-electron chi connectivity index (χ3n) is 3.10. The fourth-order valence-electron chi connectivity index (χ4n) is 2.10. The Labute approximate surface area is 140 Å². The van der Waals surface area contributed by atoms with E-state index in [0.29, 0.717) is 39.9 Å². The van der Waals surface area contributed by atoms with Gasteiger partial charge in [0.1, 0.15) is 0 Å². The fourth-order valence-corrected chi connectivity index (χ4v) is 2.56. The van der Waals surface area contributed by atoms with E-state index >= 15 is 0 Å². The number of benzene rings is 2. The van der Waals surface area contributed by atoms with Crippen molar-refractivity contribution in [3.8, 4) is 29.1 Å². The Morgan fingerprint density at radius 2 is 1.43 bits per heavy atom. The van der Waals surface area contributed by atoms with Crippen LogP contribution < -0.4 is 30.4 Å². The van der Waals surface area contributed by atoms with Gasteiger partial charge in [0, 0.05) is 10.5 Å². The van der Waals surface area contributed by atoms with Gasteiger partial charge in [-0.1, -0.05) is 15.9 Å². The van der Waals surface area contributed by atoms with Crippen molar-refractivity contribution in [3.05, 3.63) is 34.3 Å². The zero-order chi connectivity index (χ0) is 16.4. The molecule has 0 aromatic heterocycles. The SMILES string of the molecule is N#Cc1cc(N)c2c(c1)OCO2.Nc1cc(Br)cc2c1OCO2. The van der Waals surface area contributed by atoms with Crippen molar-refractivity contribution in [1.82, 2.24) is 0 Å². The van der Waals surface area contributed by atoms with Crippen LogP contribution in [0.15, 0.2) is 28.7 Å². The summed E-state index contributed by atoms with van der Waals surface area (Å²) in [5.41, 5.74) is 12.8. The topological polar surface area (TPSA) is 113 Å². The summed E-state index contributed by atoms with van der Waals surface area (Å²) < 4.78 is 21.3. The van der Waals surface area contributed by atoms with E-state index in [1.165, 1.54) is 0 Å². The smallest absolute Gasteiger partial charge is 0.231 e. The molecule has 118 valence electrons. The molecule has 2 aliphatic heterocycles. The molecule has 0 aliphatic carbocycles. The van der Waals surface area contributed by atoms with Gasteiger partial charge in [0.05, 0.1) is 23.0 Å². The molecular formula is C15H12BrN3O4. The maximum atomic E-state index is 8.59. The summed E-state index contributed by atoms with van der Waals surface area (Å²) in [6.45, 7) is 0.435. The highest BCUT2D eigenvalue weighted by atomic mass is 79.9. The van der Waals surface area contributed by atoms with Crippen molar-refractivity contribution in [2.45, 2.75) is 0 Å². The summed E-state index contributed by atoms with van der Waals surface area (Å²) in [7, 11) is 0. The molecule has 0 atom stereocenters. The lowest BCUT2D eigenvalue weighted by molar-refractivity contribution is 0.174. The first kappa shape index (κ1) is 15.1. The van der Waals surface area contributed by atoms with Crippen LogP contribution in [-0.4, -0.2) is 13.6 Å². The van der Waals surface area contributed by atoms with E-state index in [0.717, 1.165) is 4.47 Å². The number of nitriles is 1. The molecule has 0 saturated carbocycles. The average molecular weight is 378 g/mol. The molecular weight excluding hydrogens is 366 g/mol. The maximum Gasteiger partial charge on any atom is 0.231 e. The Hall–Kier alpha value is -2.79. The van der Waals surface area contributed by atoms with Crippen LogP contribution in [0, 0.1) is 11.3 Å². The molecule has 0 radical (unpaired) electrons. The van der Waals surface area contributed by atoms with Gasteiger partial charge >= 0.3 is 0 Å². The second kappa shape index (κ2) is 6.14. The molecule has 7 nitrogen and oxygen atoms in total. The summed E-state index contributed by atoms with van der Waals surface area (Å²) in [5.74, 6) is 2.44. The van der Waals surface area contributed by atoms with E-state index < -0.39 is 0 Å². The molecule has 2 aliphatic rings. The van der Waals surface area contributed by atoms with E-state index in [1.54, 1.807) is 18.2 Å². The van der Waals surface area contributed by atoms with Gasteiger partial charge in [0.15, 0.2) is 23.0 Å². The monoisotopic (exact) mass is 377 g/mol. The second-order valence-electron chi connectivity index (χ2n) is 4.64. The minimum atomic E-state index is 0.175. The molecule has 23 heavy (non-hydrogen) atoms. The third-order valence-corrected chi connectivity index (χ3v) is 3.55. The second-order valence-corrected chi connectivity index (χ2v) is 5.56. The summed E-state index contributed by atoms with van der Waals surface area (Å²) in [6, 6.07) is 8.77. The highest BCUT2D eigenvalue weighted by Crippen LogP contribution is 2.40. The van der Waals surface area contributed by atoms with Crippen LogP contribution in [0.1, 0.15) is 5.56 Å². The number of ether oxygens (including phenoxy) is 4.